The number of ether oxygens (including phenoxy) is 1. The molecular weight excluding hydrogens is 330 g/mol. The summed E-state index contributed by atoms with van der Waals surface area (Å²) >= 11 is 0. The maximum Gasteiger partial charge on any atom is 0.246 e. The van der Waals surface area contributed by atoms with Crippen molar-refractivity contribution in [3.8, 4) is 5.75 Å². The Morgan fingerprint density at radius 3 is 2.77 bits per heavy atom. The number of rotatable bonds is 7. The number of amides is 1. The third-order valence-electron chi connectivity index (χ3n) is 3.72. The second kappa shape index (κ2) is 8.15. The molecular formula is C19H21N5O2. The zero-order chi connectivity index (χ0) is 18.4. The van der Waals surface area contributed by atoms with Gasteiger partial charge in [-0.05, 0) is 43.2 Å². The second-order valence-electron chi connectivity index (χ2n) is 5.97. The Morgan fingerprint density at radius 1 is 1.15 bits per heavy atom. The molecule has 3 aromatic rings. The van der Waals surface area contributed by atoms with Crippen LogP contribution in [0.2, 0.25) is 0 Å². The first-order valence-electron chi connectivity index (χ1n) is 8.30. The maximum absolute atomic E-state index is 12.0. The van der Waals surface area contributed by atoms with Crippen LogP contribution in [0.5, 0.6) is 5.75 Å². The third kappa shape index (κ3) is 4.83. The van der Waals surface area contributed by atoms with E-state index < -0.39 is 0 Å². The first-order valence-corrected chi connectivity index (χ1v) is 8.30. The molecule has 0 fully saturated rings. The van der Waals surface area contributed by atoms with E-state index in [4.69, 9.17) is 4.74 Å². The average molecular weight is 351 g/mol. The number of H-pyrrole nitrogens is 1. The van der Waals surface area contributed by atoms with Crippen molar-refractivity contribution in [3.05, 3.63) is 71.3 Å². The molecule has 0 saturated heterocycles. The lowest BCUT2D eigenvalue weighted by Gasteiger charge is -2.08. The molecule has 0 atom stereocenters. The van der Waals surface area contributed by atoms with E-state index in [1.54, 1.807) is 0 Å². The zero-order valence-electron chi connectivity index (χ0n) is 14.7. The average Bonchev–Trinajstić information content (AvgIpc) is 3.09. The van der Waals surface area contributed by atoms with Crippen molar-refractivity contribution in [3.63, 3.8) is 0 Å². The van der Waals surface area contributed by atoms with Crippen molar-refractivity contribution < 1.29 is 9.53 Å². The smallest absolute Gasteiger partial charge is 0.246 e. The van der Waals surface area contributed by atoms with E-state index >= 15 is 0 Å². The number of aromatic amines is 1. The molecule has 1 heterocycles. The van der Waals surface area contributed by atoms with Crippen molar-refractivity contribution in [2.24, 2.45) is 0 Å². The molecule has 0 radical (unpaired) electrons. The van der Waals surface area contributed by atoms with Crippen LogP contribution in [0.15, 0.2) is 48.5 Å². The summed E-state index contributed by atoms with van der Waals surface area (Å²) in [6, 6.07) is 15.4. The number of aromatic nitrogens is 3. The van der Waals surface area contributed by atoms with E-state index in [1.807, 2.05) is 62.4 Å². The van der Waals surface area contributed by atoms with Gasteiger partial charge in [0.15, 0.2) is 11.6 Å². The minimum Gasteiger partial charge on any atom is -0.485 e. The summed E-state index contributed by atoms with van der Waals surface area (Å²) in [6.07, 6.45) is 0.0693. The van der Waals surface area contributed by atoms with Gasteiger partial charge in [-0.2, -0.15) is 5.10 Å². The number of aryl methyl sites for hydroxylation is 2. The lowest BCUT2D eigenvalue weighted by Crippen LogP contribution is -2.31. The molecule has 7 heteroatoms. The van der Waals surface area contributed by atoms with Gasteiger partial charge in [-0.25, -0.2) is 4.98 Å². The molecule has 1 amide bonds. The Balaban J connectivity index is 1.49. The standard InChI is InChI=1S/C19H21N5O2/c1-13-8-9-14(2)16(10-13)26-12-18-20-17(22-23-18)11-19(25)24-21-15-6-4-3-5-7-15/h3-10,21H,11-12H2,1-2H3,(H,24,25)(H,20,22,23). The highest BCUT2D eigenvalue weighted by Crippen LogP contribution is 2.19. The fourth-order valence-corrected chi connectivity index (χ4v) is 2.34. The van der Waals surface area contributed by atoms with Crippen LogP contribution in [0.1, 0.15) is 22.8 Å². The summed E-state index contributed by atoms with van der Waals surface area (Å²) in [5.74, 6) is 1.57. The van der Waals surface area contributed by atoms with Crippen LogP contribution < -0.4 is 15.6 Å². The summed E-state index contributed by atoms with van der Waals surface area (Å²) in [5.41, 5.74) is 8.45. The lowest BCUT2D eigenvalue weighted by atomic mass is 10.1. The number of carbonyl (C=O) groups excluding carboxylic acids is 1. The SMILES string of the molecule is Cc1ccc(C)c(OCc2nc(CC(=O)NNc3ccccc3)n[nH]2)c1. The van der Waals surface area contributed by atoms with Gasteiger partial charge >= 0.3 is 0 Å². The summed E-state index contributed by atoms with van der Waals surface area (Å²) in [5, 5.41) is 6.86. The van der Waals surface area contributed by atoms with Gasteiger partial charge in [0.25, 0.3) is 0 Å². The normalized spacial score (nSPS) is 10.4. The molecule has 7 nitrogen and oxygen atoms in total. The highest BCUT2D eigenvalue weighted by Gasteiger charge is 2.10. The van der Waals surface area contributed by atoms with Crippen LogP contribution in [-0.2, 0) is 17.8 Å². The van der Waals surface area contributed by atoms with Crippen LogP contribution >= 0.6 is 0 Å². The summed E-state index contributed by atoms with van der Waals surface area (Å²) in [4.78, 5) is 16.2. The first-order chi connectivity index (χ1) is 12.6. The van der Waals surface area contributed by atoms with Gasteiger partial charge in [-0.1, -0.05) is 30.3 Å². The second-order valence-corrected chi connectivity index (χ2v) is 5.97. The number of para-hydroxylation sites is 1. The predicted molar refractivity (Wildman–Crippen MR) is 98.5 cm³/mol. The molecule has 0 aliphatic heterocycles. The largest absolute Gasteiger partial charge is 0.485 e. The third-order valence-corrected chi connectivity index (χ3v) is 3.72. The lowest BCUT2D eigenvalue weighted by molar-refractivity contribution is -0.120. The van der Waals surface area contributed by atoms with Crippen LogP contribution in [0, 0.1) is 13.8 Å². The van der Waals surface area contributed by atoms with E-state index in [0.29, 0.717) is 11.6 Å². The zero-order valence-corrected chi connectivity index (χ0v) is 14.7. The number of anilines is 1. The molecule has 3 N–H and O–H groups in total. The van der Waals surface area contributed by atoms with Gasteiger partial charge in [0.1, 0.15) is 12.4 Å². The van der Waals surface area contributed by atoms with Crippen LogP contribution in [0.25, 0.3) is 0 Å². The molecule has 0 saturated carbocycles. The van der Waals surface area contributed by atoms with Gasteiger partial charge in [0.2, 0.25) is 5.91 Å². The molecule has 0 bridgehead atoms. The minimum atomic E-state index is -0.227. The number of hydrogen-bond acceptors (Lipinski definition) is 5. The van der Waals surface area contributed by atoms with Crippen LogP contribution in [0.3, 0.4) is 0 Å². The van der Waals surface area contributed by atoms with Crippen molar-refractivity contribution >= 4 is 11.6 Å². The Kier molecular flexibility index (Phi) is 5.48. The Labute approximate surface area is 151 Å². The van der Waals surface area contributed by atoms with Crippen molar-refractivity contribution in [2.45, 2.75) is 26.9 Å². The highest BCUT2D eigenvalue weighted by molar-refractivity contribution is 5.79. The molecule has 26 heavy (non-hydrogen) atoms. The highest BCUT2D eigenvalue weighted by atomic mass is 16.5. The topological polar surface area (TPSA) is 91.9 Å². The molecule has 0 unspecified atom stereocenters. The van der Waals surface area contributed by atoms with Crippen molar-refractivity contribution in [1.82, 2.24) is 20.6 Å². The molecule has 0 spiro atoms. The number of hydrazine groups is 1. The summed E-state index contributed by atoms with van der Waals surface area (Å²) in [6.45, 7) is 4.27. The van der Waals surface area contributed by atoms with Gasteiger partial charge in [-0.3, -0.25) is 20.7 Å². The summed E-state index contributed by atoms with van der Waals surface area (Å²) in [7, 11) is 0. The quantitative estimate of drug-likeness (QED) is 0.569. The number of carbonyl (C=O) groups is 1. The number of nitrogens with one attached hydrogen (secondary N) is 3. The Bertz CT molecular complexity index is 877. The predicted octanol–water partition coefficient (Wildman–Crippen LogP) is 2.69. The maximum atomic E-state index is 12.0. The molecule has 0 aliphatic rings. The van der Waals surface area contributed by atoms with Gasteiger partial charge < -0.3 is 4.74 Å². The monoisotopic (exact) mass is 351 g/mol. The molecule has 2 aromatic carbocycles. The fraction of sp³-hybridized carbons (Fsp3) is 0.211. The Hall–Kier alpha value is -3.35. The van der Waals surface area contributed by atoms with E-state index in [0.717, 1.165) is 22.6 Å². The van der Waals surface area contributed by atoms with Gasteiger partial charge in [0.05, 0.1) is 12.1 Å². The molecule has 134 valence electrons. The number of benzene rings is 2. The van der Waals surface area contributed by atoms with E-state index in [1.165, 1.54) is 0 Å². The van der Waals surface area contributed by atoms with Crippen molar-refractivity contribution in [1.29, 1.82) is 0 Å². The molecule has 0 aliphatic carbocycles. The van der Waals surface area contributed by atoms with E-state index in [2.05, 4.69) is 26.0 Å². The Morgan fingerprint density at radius 2 is 1.96 bits per heavy atom. The molecule has 3 rings (SSSR count). The first kappa shape index (κ1) is 17.5. The summed E-state index contributed by atoms with van der Waals surface area (Å²) < 4.78 is 5.78. The minimum absolute atomic E-state index is 0.0693. The van der Waals surface area contributed by atoms with Crippen LogP contribution in [-0.4, -0.2) is 21.1 Å². The molecule has 1 aromatic heterocycles. The number of nitrogens with zero attached hydrogens (tertiary/aromatic N) is 2. The van der Waals surface area contributed by atoms with Crippen molar-refractivity contribution in [2.75, 3.05) is 5.43 Å². The fourth-order valence-electron chi connectivity index (χ4n) is 2.34. The van der Waals surface area contributed by atoms with Gasteiger partial charge in [0, 0.05) is 0 Å². The van der Waals surface area contributed by atoms with Gasteiger partial charge in [-0.15, -0.1) is 0 Å². The van der Waals surface area contributed by atoms with E-state index in [9.17, 15) is 4.79 Å². The van der Waals surface area contributed by atoms with E-state index in [-0.39, 0.29) is 18.9 Å². The number of hydrogen-bond donors (Lipinski definition) is 3. The van der Waals surface area contributed by atoms with Crippen LogP contribution in [0.4, 0.5) is 5.69 Å².